The summed E-state index contributed by atoms with van der Waals surface area (Å²) in [6.45, 7) is 15.0. The Balaban J connectivity index is 2.55. The van der Waals surface area contributed by atoms with E-state index < -0.39 is 0 Å². The first-order valence-corrected chi connectivity index (χ1v) is 9.41. The van der Waals surface area contributed by atoms with Gasteiger partial charge in [0.15, 0.2) is 0 Å². The van der Waals surface area contributed by atoms with Crippen LogP contribution in [0.4, 0.5) is 5.69 Å². The van der Waals surface area contributed by atoms with Gasteiger partial charge in [0.05, 0.1) is 0 Å². The zero-order valence-corrected chi connectivity index (χ0v) is 16.8. The van der Waals surface area contributed by atoms with Crippen LogP contribution in [0, 0.1) is 0 Å². The van der Waals surface area contributed by atoms with Crippen molar-refractivity contribution in [2.75, 3.05) is 0 Å². The lowest BCUT2D eigenvalue weighted by Gasteiger charge is -2.36. The molecule has 0 aromatic heterocycles. The fourth-order valence-electron chi connectivity index (χ4n) is 3.42. The minimum absolute atomic E-state index is 0.121. The van der Waals surface area contributed by atoms with Crippen molar-refractivity contribution in [2.24, 2.45) is 0 Å². The van der Waals surface area contributed by atoms with Crippen LogP contribution in [-0.2, 0) is 5.54 Å². The molecule has 0 amide bonds. The molecule has 0 radical (unpaired) electrons. The van der Waals surface area contributed by atoms with Gasteiger partial charge in [0.25, 0.3) is 0 Å². The SMILES string of the molecule is C=C/C=C\C(=C/C)[NH+](c1ccccc1)C(C)(C)c1ccc(C(C)C)cc1. The lowest BCUT2D eigenvalue weighted by molar-refractivity contribution is -0.853. The van der Waals surface area contributed by atoms with Gasteiger partial charge in [-0.05, 0) is 56.5 Å². The fraction of sp³-hybridized carbons (Fsp3) is 0.280. The zero-order chi connectivity index (χ0) is 19.2. The summed E-state index contributed by atoms with van der Waals surface area (Å²) in [5.41, 5.74) is 5.07. The summed E-state index contributed by atoms with van der Waals surface area (Å²) >= 11 is 0. The average molecular weight is 347 g/mol. The molecule has 0 heterocycles. The summed E-state index contributed by atoms with van der Waals surface area (Å²) in [5.74, 6) is 0.548. The molecule has 1 atom stereocenters. The van der Waals surface area contributed by atoms with Crippen molar-refractivity contribution >= 4 is 5.69 Å². The Labute approximate surface area is 159 Å². The first kappa shape index (κ1) is 19.9. The highest BCUT2D eigenvalue weighted by atomic mass is 15.2. The van der Waals surface area contributed by atoms with E-state index in [1.54, 1.807) is 0 Å². The van der Waals surface area contributed by atoms with Crippen molar-refractivity contribution < 1.29 is 4.90 Å². The molecule has 1 N–H and O–H groups in total. The Morgan fingerprint density at radius 2 is 1.62 bits per heavy atom. The molecule has 0 aliphatic carbocycles. The van der Waals surface area contributed by atoms with Gasteiger partial charge in [-0.15, -0.1) is 0 Å². The Morgan fingerprint density at radius 1 is 1.00 bits per heavy atom. The summed E-state index contributed by atoms with van der Waals surface area (Å²) in [6.07, 6.45) is 8.18. The first-order valence-electron chi connectivity index (χ1n) is 9.41. The maximum absolute atomic E-state index is 3.82. The molecule has 0 spiro atoms. The van der Waals surface area contributed by atoms with E-state index in [2.05, 4.69) is 108 Å². The van der Waals surface area contributed by atoms with Crippen molar-refractivity contribution in [3.8, 4) is 0 Å². The van der Waals surface area contributed by atoms with Crippen LogP contribution < -0.4 is 4.90 Å². The van der Waals surface area contributed by atoms with Crippen LogP contribution in [-0.4, -0.2) is 0 Å². The summed E-state index contributed by atoms with van der Waals surface area (Å²) < 4.78 is 0. The van der Waals surface area contributed by atoms with Gasteiger partial charge in [-0.2, -0.15) is 0 Å². The molecule has 2 rings (SSSR count). The van der Waals surface area contributed by atoms with Gasteiger partial charge < -0.3 is 0 Å². The molecule has 2 aromatic carbocycles. The molecule has 0 aliphatic rings. The molecule has 0 bridgehead atoms. The number of benzene rings is 2. The summed E-state index contributed by atoms with van der Waals surface area (Å²) in [5, 5.41) is 0. The molecule has 1 nitrogen and oxygen atoms in total. The van der Waals surface area contributed by atoms with Gasteiger partial charge in [0, 0.05) is 5.56 Å². The third-order valence-electron chi connectivity index (χ3n) is 5.00. The maximum Gasteiger partial charge on any atom is 0.136 e. The molecular weight excluding hydrogens is 314 g/mol. The molecule has 0 aliphatic heterocycles. The van der Waals surface area contributed by atoms with E-state index in [1.165, 1.54) is 27.4 Å². The number of hydrogen-bond acceptors (Lipinski definition) is 0. The quantitative estimate of drug-likeness (QED) is 0.595. The van der Waals surface area contributed by atoms with Crippen molar-refractivity contribution in [3.05, 3.63) is 102 Å². The van der Waals surface area contributed by atoms with Crippen LogP contribution >= 0.6 is 0 Å². The number of allylic oxidation sites excluding steroid dienone is 4. The highest BCUT2D eigenvalue weighted by molar-refractivity contribution is 5.35. The standard InChI is InChI=1S/C25H31N/c1-7-9-13-23(8-2)26(24-14-11-10-12-15-24)25(5,6)22-18-16-21(17-19-22)20(3)4/h7-20H,1H2,2-6H3/p+1/b13-9-,23-8+. The predicted octanol–water partition coefficient (Wildman–Crippen LogP) is 5.91. The minimum Gasteiger partial charge on any atom is -0.262 e. The van der Waals surface area contributed by atoms with Gasteiger partial charge in [-0.25, -0.2) is 0 Å². The Kier molecular flexibility index (Phi) is 6.76. The Morgan fingerprint density at radius 3 is 2.12 bits per heavy atom. The molecule has 1 unspecified atom stereocenters. The second-order valence-corrected chi connectivity index (χ2v) is 7.48. The molecule has 0 saturated carbocycles. The van der Waals surface area contributed by atoms with Crippen LogP contribution in [0.25, 0.3) is 0 Å². The van der Waals surface area contributed by atoms with Crippen LogP contribution in [0.5, 0.6) is 0 Å². The number of rotatable bonds is 7. The van der Waals surface area contributed by atoms with E-state index in [9.17, 15) is 0 Å². The highest BCUT2D eigenvalue weighted by Gasteiger charge is 2.36. The summed E-state index contributed by atoms with van der Waals surface area (Å²) in [4.78, 5) is 1.33. The van der Waals surface area contributed by atoms with Crippen molar-refractivity contribution in [1.29, 1.82) is 0 Å². The molecule has 136 valence electrons. The topological polar surface area (TPSA) is 4.44 Å². The molecule has 2 aromatic rings. The number of para-hydroxylation sites is 1. The molecule has 1 heteroatoms. The average Bonchev–Trinajstić information content (AvgIpc) is 2.65. The third-order valence-corrected chi connectivity index (χ3v) is 5.00. The van der Waals surface area contributed by atoms with Crippen LogP contribution in [0.2, 0.25) is 0 Å². The van der Waals surface area contributed by atoms with Crippen LogP contribution in [0.15, 0.2) is 91.2 Å². The van der Waals surface area contributed by atoms with Crippen molar-refractivity contribution in [3.63, 3.8) is 0 Å². The van der Waals surface area contributed by atoms with Gasteiger partial charge >= 0.3 is 0 Å². The molecular formula is C25H32N+. The largest absolute Gasteiger partial charge is 0.262 e. The summed E-state index contributed by atoms with van der Waals surface area (Å²) in [6, 6.07) is 19.8. The van der Waals surface area contributed by atoms with Crippen LogP contribution in [0.1, 0.15) is 51.7 Å². The first-order chi connectivity index (χ1) is 12.4. The summed E-state index contributed by atoms with van der Waals surface area (Å²) in [7, 11) is 0. The highest BCUT2D eigenvalue weighted by Crippen LogP contribution is 2.23. The third kappa shape index (κ3) is 4.42. The second kappa shape index (κ2) is 8.82. The van der Waals surface area contributed by atoms with E-state index >= 15 is 0 Å². The zero-order valence-electron chi connectivity index (χ0n) is 16.8. The monoisotopic (exact) mass is 346 g/mol. The number of hydrogen-bond donors (Lipinski definition) is 1. The number of nitrogens with one attached hydrogen (secondary N) is 1. The van der Waals surface area contributed by atoms with Gasteiger partial charge in [-0.3, -0.25) is 4.90 Å². The minimum atomic E-state index is -0.121. The van der Waals surface area contributed by atoms with E-state index in [4.69, 9.17) is 0 Å². The molecule has 26 heavy (non-hydrogen) atoms. The van der Waals surface area contributed by atoms with Gasteiger partial charge in [0.1, 0.15) is 16.9 Å². The smallest absolute Gasteiger partial charge is 0.136 e. The van der Waals surface area contributed by atoms with Gasteiger partial charge in [0.2, 0.25) is 0 Å². The Bertz CT molecular complexity index is 762. The second-order valence-electron chi connectivity index (χ2n) is 7.48. The van der Waals surface area contributed by atoms with Gasteiger partial charge in [-0.1, -0.05) is 75.0 Å². The normalized spacial score (nSPS) is 14.0. The lowest BCUT2D eigenvalue weighted by atomic mass is 9.88. The number of quaternary nitrogens is 1. The Hall–Kier alpha value is -2.38. The van der Waals surface area contributed by atoms with E-state index in [0.29, 0.717) is 5.92 Å². The van der Waals surface area contributed by atoms with Crippen LogP contribution in [0.3, 0.4) is 0 Å². The lowest BCUT2D eigenvalue weighted by Crippen LogP contribution is -3.11. The van der Waals surface area contributed by atoms with Crippen molar-refractivity contribution in [2.45, 2.75) is 46.1 Å². The fourth-order valence-corrected chi connectivity index (χ4v) is 3.42. The van der Waals surface area contributed by atoms with E-state index in [1.807, 2.05) is 12.2 Å². The van der Waals surface area contributed by atoms with Crippen molar-refractivity contribution in [1.82, 2.24) is 0 Å². The van der Waals surface area contributed by atoms with E-state index in [0.717, 1.165) is 0 Å². The van der Waals surface area contributed by atoms with E-state index in [-0.39, 0.29) is 5.54 Å². The molecule has 0 fully saturated rings. The maximum atomic E-state index is 3.82. The molecule has 0 saturated heterocycles. The predicted molar refractivity (Wildman–Crippen MR) is 114 cm³/mol.